The number of aryl methyl sites for hydroxylation is 1. The SMILES string of the molecule is CCCCc1cc(C(F)(F)F)nc(NCCCCN2CCN(c3ccccn3)CC2)n1. The summed E-state index contributed by atoms with van der Waals surface area (Å²) in [6.45, 7) is 7.42. The van der Waals surface area contributed by atoms with Crippen molar-refractivity contribution in [3.05, 3.63) is 41.9 Å². The van der Waals surface area contributed by atoms with Crippen LogP contribution in [-0.4, -0.2) is 59.1 Å². The van der Waals surface area contributed by atoms with Gasteiger partial charge in [-0.25, -0.2) is 15.0 Å². The van der Waals surface area contributed by atoms with Crippen LogP contribution in [0.4, 0.5) is 24.9 Å². The van der Waals surface area contributed by atoms with Gasteiger partial charge in [0, 0.05) is 44.6 Å². The van der Waals surface area contributed by atoms with E-state index in [0.717, 1.165) is 70.3 Å². The van der Waals surface area contributed by atoms with Gasteiger partial charge in [0.1, 0.15) is 11.5 Å². The topological polar surface area (TPSA) is 57.2 Å². The number of nitrogens with zero attached hydrogens (tertiary/aromatic N) is 5. The monoisotopic (exact) mass is 436 g/mol. The van der Waals surface area contributed by atoms with Gasteiger partial charge in [-0.15, -0.1) is 0 Å². The van der Waals surface area contributed by atoms with Crippen molar-refractivity contribution in [2.24, 2.45) is 0 Å². The lowest BCUT2D eigenvalue weighted by Gasteiger charge is -2.35. The van der Waals surface area contributed by atoms with Crippen LogP contribution in [0.5, 0.6) is 0 Å². The predicted octanol–water partition coefficient (Wildman–Crippen LogP) is 4.25. The maximum Gasteiger partial charge on any atom is 0.433 e. The molecule has 1 fully saturated rings. The van der Waals surface area contributed by atoms with E-state index in [-0.39, 0.29) is 5.95 Å². The van der Waals surface area contributed by atoms with Crippen LogP contribution >= 0.6 is 0 Å². The number of unbranched alkanes of at least 4 members (excludes halogenated alkanes) is 2. The van der Waals surface area contributed by atoms with Crippen LogP contribution in [0.1, 0.15) is 44.0 Å². The molecule has 1 N–H and O–H groups in total. The third-order valence-corrected chi connectivity index (χ3v) is 5.39. The third kappa shape index (κ3) is 7.34. The highest BCUT2D eigenvalue weighted by Crippen LogP contribution is 2.29. The summed E-state index contributed by atoms with van der Waals surface area (Å²) >= 11 is 0. The summed E-state index contributed by atoms with van der Waals surface area (Å²) in [6.07, 6.45) is 1.42. The van der Waals surface area contributed by atoms with Gasteiger partial charge in [0.25, 0.3) is 0 Å². The smallest absolute Gasteiger partial charge is 0.354 e. The first-order valence-corrected chi connectivity index (χ1v) is 11.0. The molecule has 0 spiro atoms. The van der Waals surface area contributed by atoms with Gasteiger partial charge < -0.3 is 10.2 Å². The fraction of sp³-hybridized carbons (Fsp3) is 0.591. The number of pyridine rings is 1. The van der Waals surface area contributed by atoms with Crippen molar-refractivity contribution in [3.63, 3.8) is 0 Å². The van der Waals surface area contributed by atoms with Crippen LogP contribution in [0.3, 0.4) is 0 Å². The Morgan fingerprint density at radius 3 is 2.52 bits per heavy atom. The molecule has 3 heterocycles. The molecule has 170 valence electrons. The molecule has 9 heteroatoms. The Morgan fingerprint density at radius 2 is 1.84 bits per heavy atom. The van der Waals surface area contributed by atoms with Crippen molar-refractivity contribution in [1.29, 1.82) is 0 Å². The van der Waals surface area contributed by atoms with Gasteiger partial charge in [0.15, 0.2) is 0 Å². The van der Waals surface area contributed by atoms with E-state index >= 15 is 0 Å². The van der Waals surface area contributed by atoms with E-state index in [1.54, 1.807) is 0 Å². The minimum Gasteiger partial charge on any atom is -0.354 e. The summed E-state index contributed by atoms with van der Waals surface area (Å²) in [5.74, 6) is 1.09. The Balaban J connectivity index is 1.40. The fourth-order valence-electron chi connectivity index (χ4n) is 3.61. The lowest BCUT2D eigenvalue weighted by atomic mass is 10.2. The van der Waals surface area contributed by atoms with E-state index in [1.165, 1.54) is 0 Å². The average Bonchev–Trinajstić information content (AvgIpc) is 2.78. The van der Waals surface area contributed by atoms with Crippen molar-refractivity contribution < 1.29 is 13.2 Å². The van der Waals surface area contributed by atoms with E-state index in [4.69, 9.17) is 0 Å². The number of rotatable bonds is 10. The van der Waals surface area contributed by atoms with Gasteiger partial charge in [0.05, 0.1) is 0 Å². The van der Waals surface area contributed by atoms with Gasteiger partial charge in [-0.3, -0.25) is 4.90 Å². The summed E-state index contributed by atoms with van der Waals surface area (Å²) in [6, 6.07) is 7.02. The van der Waals surface area contributed by atoms with Crippen LogP contribution in [-0.2, 0) is 12.6 Å². The zero-order valence-corrected chi connectivity index (χ0v) is 18.0. The zero-order chi connectivity index (χ0) is 22.1. The second kappa shape index (κ2) is 11.3. The summed E-state index contributed by atoms with van der Waals surface area (Å²) in [4.78, 5) is 17.0. The summed E-state index contributed by atoms with van der Waals surface area (Å²) in [5.41, 5.74) is -0.431. The predicted molar refractivity (Wildman–Crippen MR) is 116 cm³/mol. The molecule has 0 amide bonds. The van der Waals surface area contributed by atoms with Crippen molar-refractivity contribution in [2.45, 2.75) is 45.2 Å². The number of piperazine rings is 1. The van der Waals surface area contributed by atoms with Gasteiger partial charge in [0.2, 0.25) is 5.95 Å². The van der Waals surface area contributed by atoms with Crippen molar-refractivity contribution in [3.8, 4) is 0 Å². The van der Waals surface area contributed by atoms with E-state index in [9.17, 15) is 13.2 Å². The molecule has 0 saturated carbocycles. The molecule has 2 aromatic heterocycles. The van der Waals surface area contributed by atoms with Crippen LogP contribution in [0.25, 0.3) is 0 Å². The van der Waals surface area contributed by atoms with Crippen molar-refractivity contribution >= 4 is 11.8 Å². The molecule has 0 bridgehead atoms. The molecule has 1 aliphatic rings. The minimum atomic E-state index is -4.46. The van der Waals surface area contributed by atoms with Crippen LogP contribution in [0, 0.1) is 0 Å². The molecular weight excluding hydrogens is 405 g/mol. The minimum absolute atomic E-state index is 0.0740. The van der Waals surface area contributed by atoms with E-state index in [1.807, 2.05) is 31.3 Å². The zero-order valence-electron chi connectivity index (χ0n) is 18.0. The number of anilines is 2. The first-order valence-electron chi connectivity index (χ1n) is 11.0. The summed E-state index contributed by atoms with van der Waals surface area (Å²) in [7, 11) is 0. The van der Waals surface area contributed by atoms with Gasteiger partial charge in [-0.05, 0) is 50.4 Å². The molecule has 0 atom stereocenters. The molecule has 2 aromatic rings. The highest BCUT2D eigenvalue weighted by Gasteiger charge is 2.33. The molecule has 3 rings (SSSR count). The average molecular weight is 437 g/mol. The van der Waals surface area contributed by atoms with Crippen molar-refractivity contribution in [1.82, 2.24) is 19.9 Å². The molecule has 6 nitrogen and oxygen atoms in total. The first-order chi connectivity index (χ1) is 15.0. The first kappa shape index (κ1) is 23.2. The highest BCUT2D eigenvalue weighted by atomic mass is 19.4. The molecule has 0 aliphatic carbocycles. The molecule has 0 unspecified atom stereocenters. The van der Waals surface area contributed by atoms with Gasteiger partial charge in [-0.1, -0.05) is 19.4 Å². The highest BCUT2D eigenvalue weighted by molar-refractivity contribution is 5.38. The number of aromatic nitrogens is 3. The third-order valence-electron chi connectivity index (χ3n) is 5.39. The number of halogens is 3. The molecular formula is C22H31F3N6. The lowest BCUT2D eigenvalue weighted by Crippen LogP contribution is -2.46. The molecule has 1 saturated heterocycles. The molecule has 1 aliphatic heterocycles. The van der Waals surface area contributed by atoms with Crippen molar-refractivity contribution in [2.75, 3.05) is 49.5 Å². The summed E-state index contributed by atoms with van der Waals surface area (Å²) < 4.78 is 39.4. The fourth-order valence-corrected chi connectivity index (χ4v) is 3.61. The quantitative estimate of drug-likeness (QED) is 0.562. The van der Waals surface area contributed by atoms with Gasteiger partial charge >= 0.3 is 6.18 Å². The molecule has 31 heavy (non-hydrogen) atoms. The number of alkyl halides is 3. The second-order valence-corrected chi connectivity index (χ2v) is 7.82. The van der Waals surface area contributed by atoms with Crippen LogP contribution in [0.15, 0.2) is 30.5 Å². The Hall–Kier alpha value is -2.42. The van der Waals surface area contributed by atoms with E-state index < -0.39 is 11.9 Å². The molecule has 0 aromatic carbocycles. The van der Waals surface area contributed by atoms with Crippen LogP contribution < -0.4 is 10.2 Å². The van der Waals surface area contributed by atoms with Crippen LogP contribution in [0.2, 0.25) is 0 Å². The maximum atomic E-state index is 13.1. The second-order valence-electron chi connectivity index (χ2n) is 7.82. The largest absolute Gasteiger partial charge is 0.433 e. The van der Waals surface area contributed by atoms with E-state index in [2.05, 4.69) is 30.1 Å². The number of hydrogen-bond acceptors (Lipinski definition) is 6. The normalized spacial score (nSPS) is 15.3. The Kier molecular flexibility index (Phi) is 8.45. The Morgan fingerprint density at radius 1 is 1.03 bits per heavy atom. The molecule has 0 radical (unpaired) electrons. The number of nitrogens with one attached hydrogen (secondary N) is 1. The Bertz CT molecular complexity index is 792. The summed E-state index contributed by atoms with van der Waals surface area (Å²) in [5, 5.41) is 2.98. The Labute approximate surface area is 181 Å². The maximum absolute atomic E-state index is 13.1. The van der Waals surface area contributed by atoms with E-state index in [0.29, 0.717) is 18.7 Å². The number of hydrogen-bond donors (Lipinski definition) is 1. The van der Waals surface area contributed by atoms with Gasteiger partial charge in [-0.2, -0.15) is 13.2 Å². The standard InChI is InChI=1S/C22H31F3N6/c1-2-3-8-18-17-19(22(23,24)25)29-21(28-18)27-11-6-7-12-30-13-15-31(16-14-30)20-9-4-5-10-26-20/h4-5,9-10,17H,2-3,6-8,11-16H2,1H3,(H,27,28,29). The lowest BCUT2D eigenvalue weighted by molar-refractivity contribution is -0.141.